The molecular formula is C16H18N2O3. The molecule has 0 spiro atoms. The van der Waals surface area contributed by atoms with Crippen molar-refractivity contribution < 1.29 is 15.0 Å². The van der Waals surface area contributed by atoms with Crippen molar-refractivity contribution in [1.29, 1.82) is 0 Å². The second kappa shape index (κ2) is 6.76. The average Bonchev–Trinajstić information content (AvgIpc) is 2.47. The van der Waals surface area contributed by atoms with E-state index in [1.54, 1.807) is 0 Å². The van der Waals surface area contributed by atoms with E-state index in [9.17, 15) is 15.0 Å². The molecule has 0 bridgehead atoms. The van der Waals surface area contributed by atoms with E-state index in [1.165, 1.54) is 18.2 Å². The second-order valence-corrected chi connectivity index (χ2v) is 4.77. The van der Waals surface area contributed by atoms with Crippen LogP contribution in [0.3, 0.4) is 0 Å². The first kappa shape index (κ1) is 14.9. The first-order valence-electron chi connectivity index (χ1n) is 6.67. The van der Waals surface area contributed by atoms with Gasteiger partial charge in [0.25, 0.3) is 5.91 Å². The first-order chi connectivity index (χ1) is 10.1. The van der Waals surface area contributed by atoms with Crippen LogP contribution in [0.5, 0.6) is 11.5 Å². The van der Waals surface area contributed by atoms with E-state index in [0.29, 0.717) is 6.42 Å². The quantitative estimate of drug-likeness (QED) is 0.668. The predicted molar refractivity (Wildman–Crippen MR) is 80.2 cm³/mol. The Kier molecular flexibility index (Phi) is 4.79. The standard InChI is InChI=1S/C16H18N2O3/c17-10-12(9-11-5-2-1-3-6-11)18-16(21)15-13(19)7-4-8-14(15)20/h1-8,12,19-20H,9-10,17H2,(H,18,21). The Balaban J connectivity index is 2.10. The molecule has 0 radical (unpaired) electrons. The fourth-order valence-electron chi connectivity index (χ4n) is 2.11. The van der Waals surface area contributed by atoms with Crippen molar-refractivity contribution in [3.8, 4) is 11.5 Å². The third-order valence-electron chi connectivity index (χ3n) is 3.19. The maximum atomic E-state index is 12.2. The summed E-state index contributed by atoms with van der Waals surface area (Å²) in [4.78, 5) is 12.2. The Morgan fingerprint density at radius 3 is 2.24 bits per heavy atom. The zero-order valence-electron chi connectivity index (χ0n) is 11.5. The number of rotatable bonds is 5. The smallest absolute Gasteiger partial charge is 0.259 e. The SMILES string of the molecule is NCC(Cc1ccccc1)NC(=O)c1c(O)cccc1O. The Morgan fingerprint density at radius 2 is 1.67 bits per heavy atom. The van der Waals surface area contributed by atoms with Crippen molar-refractivity contribution in [2.45, 2.75) is 12.5 Å². The summed E-state index contributed by atoms with van der Waals surface area (Å²) in [6.07, 6.45) is 0.581. The zero-order chi connectivity index (χ0) is 15.2. The molecule has 0 saturated carbocycles. The van der Waals surface area contributed by atoms with Crippen LogP contribution in [-0.2, 0) is 6.42 Å². The van der Waals surface area contributed by atoms with Crippen molar-refractivity contribution in [3.63, 3.8) is 0 Å². The van der Waals surface area contributed by atoms with E-state index in [1.807, 2.05) is 30.3 Å². The summed E-state index contributed by atoms with van der Waals surface area (Å²) in [6.45, 7) is 0.259. The topological polar surface area (TPSA) is 95.6 Å². The Labute approximate surface area is 123 Å². The number of aromatic hydroxyl groups is 2. The fourth-order valence-corrected chi connectivity index (χ4v) is 2.11. The third kappa shape index (κ3) is 3.73. The van der Waals surface area contributed by atoms with Gasteiger partial charge in [-0.3, -0.25) is 4.79 Å². The molecule has 2 aromatic carbocycles. The molecule has 0 fully saturated rings. The van der Waals surface area contributed by atoms with E-state index < -0.39 is 5.91 Å². The molecule has 0 aliphatic heterocycles. The van der Waals surface area contributed by atoms with Gasteiger partial charge in [0.15, 0.2) is 0 Å². The van der Waals surface area contributed by atoms with Gasteiger partial charge in [0.2, 0.25) is 0 Å². The summed E-state index contributed by atoms with van der Waals surface area (Å²) >= 11 is 0. The van der Waals surface area contributed by atoms with Crippen LogP contribution in [0.1, 0.15) is 15.9 Å². The number of benzene rings is 2. The van der Waals surface area contributed by atoms with Gasteiger partial charge in [-0.25, -0.2) is 0 Å². The lowest BCUT2D eigenvalue weighted by Crippen LogP contribution is -2.41. The van der Waals surface area contributed by atoms with Crippen LogP contribution in [0, 0.1) is 0 Å². The third-order valence-corrected chi connectivity index (χ3v) is 3.19. The molecule has 0 aliphatic rings. The van der Waals surface area contributed by atoms with E-state index in [4.69, 9.17) is 5.73 Å². The van der Waals surface area contributed by atoms with Crippen LogP contribution in [0.15, 0.2) is 48.5 Å². The molecule has 1 unspecified atom stereocenters. The van der Waals surface area contributed by atoms with Gasteiger partial charge >= 0.3 is 0 Å². The van der Waals surface area contributed by atoms with Crippen LogP contribution in [0.2, 0.25) is 0 Å². The maximum absolute atomic E-state index is 12.2. The molecule has 5 N–H and O–H groups in total. The van der Waals surface area contributed by atoms with E-state index in [2.05, 4.69) is 5.32 Å². The number of nitrogens with one attached hydrogen (secondary N) is 1. The maximum Gasteiger partial charge on any atom is 0.259 e. The lowest BCUT2D eigenvalue weighted by Gasteiger charge is -2.17. The molecule has 1 amide bonds. The van der Waals surface area contributed by atoms with Gasteiger partial charge in [0.1, 0.15) is 17.1 Å². The van der Waals surface area contributed by atoms with Gasteiger partial charge in [-0.1, -0.05) is 36.4 Å². The highest BCUT2D eigenvalue weighted by molar-refractivity contribution is 5.99. The van der Waals surface area contributed by atoms with Crippen molar-refractivity contribution in [2.75, 3.05) is 6.54 Å². The predicted octanol–water partition coefficient (Wildman–Crippen LogP) is 1.40. The van der Waals surface area contributed by atoms with E-state index in [0.717, 1.165) is 5.56 Å². The van der Waals surface area contributed by atoms with Crippen LogP contribution in [0.4, 0.5) is 0 Å². The number of carbonyl (C=O) groups excluding carboxylic acids is 1. The molecule has 110 valence electrons. The number of amides is 1. The van der Waals surface area contributed by atoms with Crippen molar-refractivity contribution in [3.05, 3.63) is 59.7 Å². The van der Waals surface area contributed by atoms with Gasteiger partial charge < -0.3 is 21.3 Å². The fraction of sp³-hybridized carbons (Fsp3) is 0.188. The molecule has 1 atom stereocenters. The summed E-state index contributed by atoms with van der Waals surface area (Å²) in [6, 6.07) is 13.5. The zero-order valence-corrected chi connectivity index (χ0v) is 11.5. The van der Waals surface area contributed by atoms with Crippen LogP contribution in [-0.4, -0.2) is 28.7 Å². The normalized spacial score (nSPS) is 11.9. The van der Waals surface area contributed by atoms with E-state index >= 15 is 0 Å². The Morgan fingerprint density at radius 1 is 1.05 bits per heavy atom. The average molecular weight is 286 g/mol. The molecule has 5 nitrogen and oxygen atoms in total. The molecule has 5 heteroatoms. The molecule has 0 heterocycles. The minimum Gasteiger partial charge on any atom is -0.507 e. The monoisotopic (exact) mass is 286 g/mol. The molecule has 2 aromatic rings. The van der Waals surface area contributed by atoms with Gasteiger partial charge in [-0.15, -0.1) is 0 Å². The van der Waals surface area contributed by atoms with Crippen LogP contribution in [0.25, 0.3) is 0 Å². The molecular weight excluding hydrogens is 268 g/mol. The number of phenolic OH excluding ortho intramolecular Hbond substituents is 2. The highest BCUT2D eigenvalue weighted by Crippen LogP contribution is 2.26. The number of hydrogen-bond donors (Lipinski definition) is 4. The summed E-state index contributed by atoms with van der Waals surface area (Å²) < 4.78 is 0. The van der Waals surface area contributed by atoms with Gasteiger partial charge in [0, 0.05) is 12.6 Å². The lowest BCUT2D eigenvalue weighted by molar-refractivity contribution is 0.0932. The second-order valence-electron chi connectivity index (χ2n) is 4.77. The number of hydrogen-bond acceptors (Lipinski definition) is 4. The number of carbonyl (C=O) groups is 1. The first-order valence-corrected chi connectivity index (χ1v) is 6.67. The molecule has 2 rings (SSSR count). The number of phenols is 2. The van der Waals surface area contributed by atoms with Gasteiger partial charge in [0.05, 0.1) is 0 Å². The van der Waals surface area contributed by atoms with Gasteiger partial charge in [-0.2, -0.15) is 0 Å². The van der Waals surface area contributed by atoms with Crippen LogP contribution < -0.4 is 11.1 Å². The lowest BCUT2D eigenvalue weighted by atomic mass is 10.1. The van der Waals surface area contributed by atoms with Gasteiger partial charge in [-0.05, 0) is 24.1 Å². The Hall–Kier alpha value is -2.53. The minimum absolute atomic E-state index is 0.135. The summed E-state index contributed by atoms with van der Waals surface area (Å²) in [7, 11) is 0. The van der Waals surface area contributed by atoms with Crippen molar-refractivity contribution >= 4 is 5.91 Å². The molecule has 21 heavy (non-hydrogen) atoms. The minimum atomic E-state index is -0.544. The van der Waals surface area contributed by atoms with Crippen LogP contribution >= 0.6 is 0 Å². The largest absolute Gasteiger partial charge is 0.507 e. The molecule has 0 aromatic heterocycles. The molecule has 0 aliphatic carbocycles. The Bertz CT molecular complexity index is 594. The summed E-state index contributed by atoms with van der Waals surface area (Å²) in [5.74, 6) is -1.07. The summed E-state index contributed by atoms with van der Waals surface area (Å²) in [5, 5.41) is 22.1. The molecule has 0 saturated heterocycles. The highest BCUT2D eigenvalue weighted by atomic mass is 16.3. The highest BCUT2D eigenvalue weighted by Gasteiger charge is 2.19. The summed E-state index contributed by atoms with van der Waals surface area (Å²) in [5.41, 5.74) is 6.60. The van der Waals surface area contributed by atoms with E-state index in [-0.39, 0.29) is 29.6 Å². The number of nitrogens with two attached hydrogens (primary N) is 1. The van der Waals surface area contributed by atoms with Crippen molar-refractivity contribution in [1.82, 2.24) is 5.32 Å². The van der Waals surface area contributed by atoms with Crippen molar-refractivity contribution in [2.24, 2.45) is 5.73 Å².